The number of β-amino-alcohol motifs (C(OH)–C–C–N with tert-alkyl or cyclic N) is 1. The summed E-state index contributed by atoms with van der Waals surface area (Å²) in [6.07, 6.45) is -1.14. The summed E-state index contributed by atoms with van der Waals surface area (Å²) in [5.74, 6) is -1.29. The van der Waals surface area contributed by atoms with Crippen LogP contribution in [0.4, 0.5) is 0 Å². The quantitative estimate of drug-likeness (QED) is 0.816. The first kappa shape index (κ1) is 15.4. The minimum atomic E-state index is -4.04. The Balaban J connectivity index is 2.47. The van der Waals surface area contributed by atoms with Crippen molar-refractivity contribution in [1.82, 2.24) is 4.31 Å². The monoisotopic (exact) mass is 310 g/mol. The van der Waals surface area contributed by atoms with Crippen LogP contribution in [-0.4, -0.2) is 47.6 Å². The first-order chi connectivity index (χ1) is 9.77. The molecule has 1 heterocycles. The van der Waals surface area contributed by atoms with Gasteiger partial charge < -0.3 is 10.2 Å². The summed E-state index contributed by atoms with van der Waals surface area (Å²) in [6.45, 7) is 1.29. The van der Waals surface area contributed by atoms with E-state index >= 15 is 0 Å². The number of carbonyl (C=O) groups is 1. The Kier molecular flexibility index (Phi) is 4.00. The third kappa shape index (κ3) is 2.76. The number of sulfonamides is 1. The molecular formula is C13H14N2O5S. The molecule has 2 N–H and O–H groups in total. The van der Waals surface area contributed by atoms with Crippen molar-refractivity contribution in [2.75, 3.05) is 6.54 Å². The third-order valence-electron chi connectivity index (χ3n) is 3.41. The average Bonchev–Trinajstić information content (AvgIpc) is 2.81. The fourth-order valence-corrected chi connectivity index (χ4v) is 4.25. The molecule has 1 aliphatic heterocycles. The predicted molar refractivity (Wildman–Crippen MR) is 71.8 cm³/mol. The van der Waals surface area contributed by atoms with Crippen molar-refractivity contribution in [2.45, 2.75) is 30.4 Å². The lowest BCUT2D eigenvalue weighted by Gasteiger charge is -2.21. The fraction of sp³-hybridized carbons (Fsp3) is 0.385. The van der Waals surface area contributed by atoms with Crippen LogP contribution in [0.25, 0.3) is 0 Å². The Morgan fingerprint density at radius 3 is 2.67 bits per heavy atom. The van der Waals surface area contributed by atoms with Gasteiger partial charge in [0.15, 0.2) is 0 Å². The van der Waals surface area contributed by atoms with Gasteiger partial charge in [-0.1, -0.05) is 0 Å². The van der Waals surface area contributed by atoms with Gasteiger partial charge in [0.25, 0.3) is 0 Å². The molecule has 0 saturated carbocycles. The lowest BCUT2D eigenvalue weighted by atomic mass is 10.2. The number of aliphatic hydroxyl groups excluding tert-OH is 1. The molecule has 2 atom stereocenters. The van der Waals surface area contributed by atoms with E-state index in [1.165, 1.54) is 25.1 Å². The molecule has 112 valence electrons. The van der Waals surface area contributed by atoms with Crippen LogP contribution in [0, 0.1) is 18.3 Å². The number of hydrogen-bond donors (Lipinski definition) is 2. The van der Waals surface area contributed by atoms with Crippen LogP contribution in [-0.2, 0) is 14.8 Å². The molecule has 0 aliphatic carbocycles. The van der Waals surface area contributed by atoms with Gasteiger partial charge >= 0.3 is 5.97 Å². The van der Waals surface area contributed by atoms with Gasteiger partial charge in [-0.25, -0.2) is 8.42 Å². The van der Waals surface area contributed by atoms with Crippen LogP contribution in [0.2, 0.25) is 0 Å². The molecule has 7 nitrogen and oxygen atoms in total. The van der Waals surface area contributed by atoms with E-state index in [0.29, 0.717) is 11.1 Å². The van der Waals surface area contributed by atoms with Crippen molar-refractivity contribution >= 4 is 16.0 Å². The SMILES string of the molecule is Cc1cc(C#N)ccc1S(=O)(=O)N1C[C@H](O)C[C@@H]1C(=O)O. The van der Waals surface area contributed by atoms with Crippen LogP contribution in [0.15, 0.2) is 23.1 Å². The van der Waals surface area contributed by atoms with Crippen LogP contribution in [0.3, 0.4) is 0 Å². The highest BCUT2D eigenvalue weighted by Gasteiger charge is 2.43. The smallest absolute Gasteiger partial charge is 0.322 e. The summed E-state index contributed by atoms with van der Waals surface area (Å²) in [5.41, 5.74) is 0.683. The summed E-state index contributed by atoms with van der Waals surface area (Å²) in [5, 5.41) is 27.5. The van der Waals surface area contributed by atoms with Crippen molar-refractivity contribution in [3.05, 3.63) is 29.3 Å². The second-order valence-corrected chi connectivity index (χ2v) is 6.77. The largest absolute Gasteiger partial charge is 0.480 e. The van der Waals surface area contributed by atoms with E-state index in [2.05, 4.69) is 0 Å². The molecule has 0 aromatic heterocycles. The van der Waals surface area contributed by atoms with Gasteiger partial charge in [0.1, 0.15) is 6.04 Å². The maximum absolute atomic E-state index is 12.6. The van der Waals surface area contributed by atoms with Crippen molar-refractivity contribution in [3.8, 4) is 6.07 Å². The second-order valence-electron chi connectivity index (χ2n) is 4.91. The van der Waals surface area contributed by atoms with Gasteiger partial charge in [-0.2, -0.15) is 9.57 Å². The van der Waals surface area contributed by atoms with E-state index in [-0.39, 0.29) is 17.9 Å². The molecule has 0 spiro atoms. The summed E-state index contributed by atoms with van der Waals surface area (Å²) in [7, 11) is -4.04. The molecule has 21 heavy (non-hydrogen) atoms. The molecule has 0 bridgehead atoms. The molecule has 1 aromatic carbocycles. The molecule has 0 radical (unpaired) electrons. The third-order valence-corrected chi connectivity index (χ3v) is 5.44. The van der Waals surface area contributed by atoms with E-state index < -0.39 is 28.1 Å². The Labute approximate surface area is 122 Å². The number of rotatable bonds is 3. The van der Waals surface area contributed by atoms with E-state index in [4.69, 9.17) is 10.4 Å². The number of aliphatic carboxylic acids is 1. The van der Waals surface area contributed by atoms with Crippen molar-refractivity contribution < 1.29 is 23.4 Å². The average molecular weight is 310 g/mol. The number of aliphatic hydroxyl groups is 1. The van der Waals surface area contributed by atoms with Crippen LogP contribution < -0.4 is 0 Å². The number of carboxylic acids is 1. The first-order valence-electron chi connectivity index (χ1n) is 6.21. The topological polar surface area (TPSA) is 119 Å². The minimum Gasteiger partial charge on any atom is -0.480 e. The molecular weight excluding hydrogens is 296 g/mol. The van der Waals surface area contributed by atoms with Gasteiger partial charge in [-0.3, -0.25) is 4.79 Å². The fourth-order valence-electron chi connectivity index (χ4n) is 2.41. The Hall–Kier alpha value is -1.95. The molecule has 0 unspecified atom stereocenters. The molecule has 1 fully saturated rings. The van der Waals surface area contributed by atoms with Crippen LogP contribution in [0.1, 0.15) is 17.5 Å². The van der Waals surface area contributed by atoms with Gasteiger partial charge in [-0.15, -0.1) is 0 Å². The number of nitrogens with zero attached hydrogens (tertiary/aromatic N) is 2. The summed E-state index contributed by atoms with van der Waals surface area (Å²) in [6, 6.07) is 4.70. The van der Waals surface area contributed by atoms with Crippen LogP contribution in [0.5, 0.6) is 0 Å². The van der Waals surface area contributed by atoms with Crippen molar-refractivity contribution in [3.63, 3.8) is 0 Å². The van der Waals surface area contributed by atoms with Crippen molar-refractivity contribution in [2.24, 2.45) is 0 Å². The lowest BCUT2D eigenvalue weighted by Crippen LogP contribution is -2.40. The maximum Gasteiger partial charge on any atom is 0.322 e. The molecule has 1 aliphatic rings. The standard InChI is InChI=1S/C13H14N2O5S/c1-8-4-9(6-14)2-3-12(8)21(19,20)15-7-10(16)5-11(15)13(17)18/h2-4,10-11,16H,5,7H2,1H3,(H,17,18)/t10-,11-/m1/s1. The second kappa shape index (κ2) is 5.44. The number of benzene rings is 1. The predicted octanol–water partition coefficient (Wildman–Crippen LogP) is 0.0752. The van der Waals surface area contributed by atoms with Crippen LogP contribution >= 0.6 is 0 Å². The number of nitriles is 1. The molecule has 1 saturated heterocycles. The molecule has 0 amide bonds. The van der Waals surface area contributed by atoms with E-state index in [1.807, 2.05) is 6.07 Å². The minimum absolute atomic E-state index is 0.0538. The van der Waals surface area contributed by atoms with Gasteiger partial charge in [-0.05, 0) is 30.7 Å². The number of carboxylic acid groups (broad SMARTS) is 1. The van der Waals surface area contributed by atoms with E-state index in [1.54, 1.807) is 0 Å². The Bertz CT molecular complexity index is 723. The summed E-state index contributed by atoms with van der Waals surface area (Å²) in [4.78, 5) is 11.1. The van der Waals surface area contributed by atoms with Gasteiger partial charge in [0.05, 0.1) is 22.6 Å². The van der Waals surface area contributed by atoms with E-state index in [0.717, 1.165) is 4.31 Å². The highest BCUT2D eigenvalue weighted by atomic mass is 32.2. The van der Waals surface area contributed by atoms with Gasteiger partial charge in [0, 0.05) is 13.0 Å². The lowest BCUT2D eigenvalue weighted by molar-refractivity contribution is -0.140. The zero-order chi connectivity index (χ0) is 15.8. The highest BCUT2D eigenvalue weighted by molar-refractivity contribution is 7.89. The Morgan fingerprint density at radius 2 is 2.14 bits per heavy atom. The summed E-state index contributed by atoms with van der Waals surface area (Å²) >= 11 is 0. The zero-order valence-electron chi connectivity index (χ0n) is 11.2. The normalized spacial score (nSPS) is 22.9. The van der Waals surface area contributed by atoms with Crippen molar-refractivity contribution in [1.29, 1.82) is 5.26 Å². The molecule has 1 aromatic rings. The molecule has 2 rings (SSSR count). The zero-order valence-corrected chi connectivity index (χ0v) is 12.0. The number of aryl methyl sites for hydroxylation is 1. The summed E-state index contributed by atoms with van der Waals surface area (Å²) < 4.78 is 26.0. The Morgan fingerprint density at radius 1 is 1.48 bits per heavy atom. The molecule has 8 heteroatoms. The highest BCUT2D eigenvalue weighted by Crippen LogP contribution is 2.28. The maximum atomic E-state index is 12.6. The van der Waals surface area contributed by atoms with Gasteiger partial charge in [0.2, 0.25) is 10.0 Å². The number of hydrogen-bond acceptors (Lipinski definition) is 5. The first-order valence-corrected chi connectivity index (χ1v) is 7.65. The van der Waals surface area contributed by atoms with E-state index in [9.17, 15) is 18.3 Å².